The first-order chi connectivity index (χ1) is 7.22. The molecule has 0 spiro atoms. The largest absolute Gasteiger partial charge is 0.345 e. The zero-order valence-electron chi connectivity index (χ0n) is 8.06. The number of imidazole rings is 1. The quantitative estimate of drug-likeness (QED) is 0.699. The molecule has 0 aliphatic carbocycles. The number of rotatable bonds is 1. The Hall–Kier alpha value is -2.35. The molecule has 0 aliphatic heterocycles. The highest BCUT2D eigenvalue weighted by molar-refractivity contribution is 6.04. The molecule has 0 aliphatic rings. The van der Waals surface area contributed by atoms with E-state index in [0.717, 1.165) is 11.0 Å². The molecule has 0 fully saturated rings. The summed E-state index contributed by atoms with van der Waals surface area (Å²) in [6, 6.07) is 6.88. The highest BCUT2D eigenvalue weighted by Gasteiger charge is 2.10. The van der Waals surface area contributed by atoms with E-state index in [-0.39, 0.29) is 0 Å². The van der Waals surface area contributed by atoms with Crippen LogP contribution in [0, 0.1) is 11.3 Å². The molecule has 1 aromatic carbocycles. The summed E-state index contributed by atoms with van der Waals surface area (Å²) in [5, 5.41) is 8.48. The summed E-state index contributed by atoms with van der Waals surface area (Å²) in [6.07, 6.45) is 1.58. The second-order valence-electron chi connectivity index (χ2n) is 3.08. The van der Waals surface area contributed by atoms with Crippen molar-refractivity contribution in [3.05, 3.63) is 24.5 Å². The van der Waals surface area contributed by atoms with E-state index in [2.05, 4.69) is 9.97 Å². The number of fused-ring (bicyclic) bond motifs is 1. The van der Waals surface area contributed by atoms with Crippen molar-refractivity contribution in [3.63, 3.8) is 0 Å². The van der Waals surface area contributed by atoms with Gasteiger partial charge in [-0.1, -0.05) is 0 Å². The van der Waals surface area contributed by atoms with E-state index < -0.39 is 5.91 Å². The number of H-pyrrole nitrogens is 1. The number of carbonyl (C=O) groups is 1. The molecule has 1 aromatic heterocycles. The number of nitrogens with one attached hydrogen (secondary N) is 1. The van der Waals surface area contributed by atoms with E-state index in [1.54, 1.807) is 37.6 Å². The number of hydrogen-bond donors (Lipinski definition) is 1. The molecule has 1 N–H and O–H groups in total. The standard InChI is InChI=1S/C10H8N4O/c1-14(10(15)5-11)7-2-3-8-9(4-7)13-6-12-8/h2-4,6H,1H3,(H,12,13). The molecule has 0 bridgehead atoms. The maximum Gasteiger partial charge on any atom is 0.329 e. The number of anilines is 1. The van der Waals surface area contributed by atoms with Crippen LogP contribution < -0.4 is 4.90 Å². The van der Waals surface area contributed by atoms with Crippen LogP contribution in [0.2, 0.25) is 0 Å². The Morgan fingerprint density at radius 2 is 2.40 bits per heavy atom. The van der Waals surface area contributed by atoms with Gasteiger partial charge in [-0.3, -0.25) is 4.79 Å². The Kier molecular flexibility index (Phi) is 2.10. The molecule has 0 atom stereocenters. The number of carbonyl (C=O) groups excluding carboxylic acids is 1. The van der Waals surface area contributed by atoms with Gasteiger partial charge in [0, 0.05) is 12.7 Å². The zero-order valence-corrected chi connectivity index (χ0v) is 8.06. The van der Waals surface area contributed by atoms with Crippen molar-refractivity contribution in [3.8, 4) is 6.07 Å². The zero-order chi connectivity index (χ0) is 10.8. The number of hydrogen-bond acceptors (Lipinski definition) is 3. The Bertz CT molecular complexity index is 552. The number of nitrogens with zero attached hydrogens (tertiary/aromatic N) is 3. The van der Waals surface area contributed by atoms with Crippen molar-refractivity contribution in [1.82, 2.24) is 9.97 Å². The van der Waals surface area contributed by atoms with Crippen LogP contribution in [0.1, 0.15) is 0 Å². The van der Waals surface area contributed by atoms with Gasteiger partial charge in [0.1, 0.15) is 0 Å². The fraction of sp³-hybridized carbons (Fsp3) is 0.100. The van der Waals surface area contributed by atoms with Crippen molar-refractivity contribution in [2.75, 3.05) is 11.9 Å². The maximum atomic E-state index is 11.1. The minimum Gasteiger partial charge on any atom is -0.345 e. The van der Waals surface area contributed by atoms with Crippen LogP contribution in [0.3, 0.4) is 0 Å². The summed E-state index contributed by atoms with van der Waals surface area (Å²) < 4.78 is 0. The summed E-state index contributed by atoms with van der Waals surface area (Å²) in [4.78, 5) is 19.4. The van der Waals surface area contributed by atoms with Gasteiger partial charge in [0.05, 0.1) is 17.4 Å². The van der Waals surface area contributed by atoms with Crippen molar-refractivity contribution in [2.24, 2.45) is 0 Å². The molecule has 5 nitrogen and oxygen atoms in total. The summed E-state index contributed by atoms with van der Waals surface area (Å²) in [7, 11) is 1.56. The van der Waals surface area contributed by atoms with Gasteiger partial charge in [0.15, 0.2) is 6.07 Å². The molecule has 15 heavy (non-hydrogen) atoms. The summed E-state index contributed by atoms with van der Waals surface area (Å²) >= 11 is 0. The van der Waals surface area contributed by atoms with Crippen LogP contribution in [0.4, 0.5) is 5.69 Å². The summed E-state index contributed by atoms with van der Waals surface area (Å²) in [5.41, 5.74) is 2.33. The third-order valence-electron chi connectivity index (χ3n) is 2.19. The molecule has 0 saturated heterocycles. The monoisotopic (exact) mass is 200 g/mol. The average molecular weight is 200 g/mol. The molecule has 2 aromatic rings. The van der Waals surface area contributed by atoms with Crippen molar-refractivity contribution in [2.45, 2.75) is 0 Å². The van der Waals surface area contributed by atoms with Crippen molar-refractivity contribution < 1.29 is 4.79 Å². The molecule has 0 saturated carbocycles. The van der Waals surface area contributed by atoms with E-state index >= 15 is 0 Å². The average Bonchev–Trinajstić information content (AvgIpc) is 2.73. The fourth-order valence-electron chi connectivity index (χ4n) is 1.32. The van der Waals surface area contributed by atoms with Gasteiger partial charge in [0.2, 0.25) is 0 Å². The Balaban J connectivity index is 2.44. The van der Waals surface area contributed by atoms with Crippen molar-refractivity contribution in [1.29, 1.82) is 5.26 Å². The summed E-state index contributed by atoms with van der Waals surface area (Å²) in [5.74, 6) is -0.589. The smallest absolute Gasteiger partial charge is 0.329 e. The second kappa shape index (κ2) is 3.42. The SMILES string of the molecule is CN(C(=O)C#N)c1ccc2nc[nH]c2c1. The first-order valence-corrected chi connectivity index (χ1v) is 4.33. The summed E-state index contributed by atoms with van der Waals surface area (Å²) in [6.45, 7) is 0. The number of benzene rings is 1. The maximum absolute atomic E-state index is 11.1. The lowest BCUT2D eigenvalue weighted by Gasteiger charge is -2.12. The van der Waals surface area contributed by atoms with Crippen LogP contribution in [0.25, 0.3) is 11.0 Å². The number of nitriles is 1. The second-order valence-corrected chi connectivity index (χ2v) is 3.08. The minimum absolute atomic E-state index is 0.589. The van der Waals surface area contributed by atoms with Gasteiger partial charge in [-0.05, 0) is 18.2 Å². The molecule has 1 heterocycles. The molecule has 1 amide bonds. The topological polar surface area (TPSA) is 72.8 Å². The van der Waals surface area contributed by atoms with E-state index in [9.17, 15) is 4.79 Å². The van der Waals surface area contributed by atoms with Gasteiger partial charge in [-0.25, -0.2) is 4.98 Å². The predicted octanol–water partition coefficient (Wildman–Crippen LogP) is 1.05. The van der Waals surface area contributed by atoms with Crippen LogP contribution in [-0.2, 0) is 4.79 Å². The number of amides is 1. The van der Waals surface area contributed by atoms with Gasteiger partial charge in [-0.15, -0.1) is 0 Å². The lowest BCUT2D eigenvalue weighted by Crippen LogP contribution is -2.24. The van der Waals surface area contributed by atoms with Gasteiger partial charge in [0.25, 0.3) is 0 Å². The van der Waals surface area contributed by atoms with E-state index in [4.69, 9.17) is 5.26 Å². The van der Waals surface area contributed by atoms with Crippen LogP contribution in [0.15, 0.2) is 24.5 Å². The highest BCUT2D eigenvalue weighted by atomic mass is 16.2. The fourth-order valence-corrected chi connectivity index (χ4v) is 1.32. The van der Waals surface area contributed by atoms with Gasteiger partial charge >= 0.3 is 5.91 Å². The van der Waals surface area contributed by atoms with Crippen molar-refractivity contribution >= 4 is 22.6 Å². The molecule has 0 radical (unpaired) electrons. The van der Waals surface area contributed by atoms with Gasteiger partial charge < -0.3 is 9.88 Å². The molecular formula is C10H8N4O. The van der Waals surface area contributed by atoms with Gasteiger partial charge in [-0.2, -0.15) is 5.26 Å². The Morgan fingerprint density at radius 1 is 1.60 bits per heavy atom. The van der Waals surface area contributed by atoms with E-state index in [0.29, 0.717) is 5.69 Å². The molecule has 5 heteroatoms. The van der Waals surface area contributed by atoms with Crippen LogP contribution in [0.5, 0.6) is 0 Å². The predicted molar refractivity (Wildman–Crippen MR) is 55.1 cm³/mol. The first kappa shape index (κ1) is 9.21. The normalized spacial score (nSPS) is 9.87. The van der Waals surface area contributed by atoms with Crippen LogP contribution >= 0.6 is 0 Å². The number of aromatic nitrogens is 2. The van der Waals surface area contributed by atoms with Crippen LogP contribution in [-0.4, -0.2) is 22.9 Å². The Labute approximate surface area is 86.0 Å². The first-order valence-electron chi connectivity index (χ1n) is 4.33. The number of aromatic amines is 1. The molecule has 2 rings (SSSR count). The Morgan fingerprint density at radius 3 is 3.13 bits per heavy atom. The van der Waals surface area contributed by atoms with E-state index in [1.807, 2.05) is 0 Å². The van der Waals surface area contributed by atoms with E-state index in [1.165, 1.54) is 4.90 Å². The lowest BCUT2D eigenvalue weighted by atomic mass is 10.2. The third kappa shape index (κ3) is 1.53. The minimum atomic E-state index is -0.589. The molecule has 0 unspecified atom stereocenters. The molecule has 74 valence electrons. The highest BCUT2D eigenvalue weighted by Crippen LogP contribution is 2.18. The lowest BCUT2D eigenvalue weighted by molar-refractivity contribution is -0.113. The molecular weight excluding hydrogens is 192 g/mol. The third-order valence-corrected chi connectivity index (χ3v) is 2.19.